The molecule has 0 radical (unpaired) electrons. The molecule has 0 aliphatic heterocycles. The molecule has 0 spiro atoms. The minimum Gasteiger partial charge on any atom is -0.481 e. The summed E-state index contributed by atoms with van der Waals surface area (Å²) >= 11 is 1.92. The van der Waals surface area contributed by atoms with E-state index < -0.39 is 5.97 Å². The first kappa shape index (κ1) is 15.9. The second-order valence-electron chi connectivity index (χ2n) is 4.08. The number of amides is 1. The minimum atomic E-state index is -0.801. The fourth-order valence-electron chi connectivity index (χ4n) is 1.55. The monoisotopic (exact) mass is 379 g/mol. The number of carbonyl (C=O) groups is 2. The number of hydrogen-bond donors (Lipinski definition) is 2. The van der Waals surface area contributed by atoms with Crippen LogP contribution in [0.15, 0.2) is 18.2 Å². The van der Waals surface area contributed by atoms with Crippen LogP contribution in [0.25, 0.3) is 0 Å². The smallest absolute Gasteiger partial charge is 0.303 e. The topological polar surface area (TPSA) is 66.4 Å². The van der Waals surface area contributed by atoms with Crippen LogP contribution in [-0.4, -0.2) is 23.5 Å². The van der Waals surface area contributed by atoms with Gasteiger partial charge in [-0.2, -0.15) is 0 Å². The van der Waals surface area contributed by atoms with Crippen molar-refractivity contribution in [2.75, 3.05) is 6.54 Å². The Balaban J connectivity index is 2.29. The number of aliphatic carboxylic acids is 1. The van der Waals surface area contributed by atoms with Gasteiger partial charge in [-0.25, -0.2) is 4.39 Å². The SMILES string of the molecule is O=C(O)CCCCCNC(=O)c1ccc(F)cc1I. The number of carboxylic acids is 1. The van der Waals surface area contributed by atoms with Crippen LogP contribution in [0, 0.1) is 9.39 Å². The van der Waals surface area contributed by atoms with Crippen LogP contribution in [-0.2, 0) is 4.79 Å². The van der Waals surface area contributed by atoms with Crippen LogP contribution in [0.3, 0.4) is 0 Å². The minimum absolute atomic E-state index is 0.157. The van der Waals surface area contributed by atoms with E-state index in [1.165, 1.54) is 18.2 Å². The van der Waals surface area contributed by atoms with Gasteiger partial charge in [0.1, 0.15) is 5.82 Å². The molecule has 104 valence electrons. The van der Waals surface area contributed by atoms with Gasteiger partial charge in [0.2, 0.25) is 0 Å². The highest BCUT2D eigenvalue weighted by Crippen LogP contribution is 2.13. The van der Waals surface area contributed by atoms with Crippen molar-refractivity contribution in [3.8, 4) is 0 Å². The van der Waals surface area contributed by atoms with Crippen molar-refractivity contribution in [1.29, 1.82) is 0 Å². The van der Waals surface area contributed by atoms with Crippen LogP contribution < -0.4 is 5.32 Å². The molecule has 0 atom stereocenters. The third-order valence-corrected chi connectivity index (χ3v) is 3.42. The lowest BCUT2D eigenvalue weighted by Crippen LogP contribution is -2.25. The molecule has 1 rings (SSSR count). The van der Waals surface area contributed by atoms with E-state index in [0.717, 1.165) is 12.8 Å². The lowest BCUT2D eigenvalue weighted by atomic mass is 10.2. The molecule has 0 aliphatic rings. The molecule has 0 fully saturated rings. The Bertz CT molecular complexity index is 465. The number of carboxylic acid groups (broad SMARTS) is 1. The van der Waals surface area contributed by atoms with Crippen LogP contribution >= 0.6 is 22.6 Å². The number of carbonyl (C=O) groups excluding carboxylic acids is 1. The van der Waals surface area contributed by atoms with Crippen molar-refractivity contribution in [2.45, 2.75) is 25.7 Å². The standard InChI is InChI=1S/C13H15FINO3/c14-9-5-6-10(11(15)8-9)13(19)16-7-3-1-2-4-12(17)18/h5-6,8H,1-4,7H2,(H,16,19)(H,17,18). The summed E-state index contributed by atoms with van der Waals surface area (Å²) in [4.78, 5) is 22.1. The Hall–Kier alpha value is -1.18. The summed E-state index contributed by atoms with van der Waals surface area (Å²) in [6, 6.07) is 4.02. The van der Waals surface area contributed by atoms with Crippen LogP contribution in [0.1, 0.15) is 36.0 Å². The van der Waals surface area contributed by atoms with Crippen LogP contribution in [0.2, 0.25) is 0 Å². The molecule has 1 amide bonds. The lowest BCUT2D eigenvalue weighted by molar-refractivity contribution is -0.137. The molecule has 0 bridgehead atoms. The number of halogens is 2. The highest BCUT2D eigenvalue weighted by molar-refractivity contribution is 14.1. The van der Waals surface area contributed by atoms with Crippen LogP contribution in [0.5, 0.6) is 0 Å². The summed E-state index contributed by atoms with van der Waals surface area (Å²) in [5, 5.41) is 11.2. The first-order valence-electron chi connectivity index (χ1n) is 5.95. The molecule has 0 aliphatic carbocycles. The lowest BCUT2D eigenvalue weighted by Gasteiger charge is -2.06. The van der Waals surface area contributed by atoms with Gasteiger partial charge in [-0.05, 0) is 53.6 Å². The quantitative estimate of drug-likeness (QED) is 0.566. The van der Waals surface area contributed by atoms with Gasteiger partial charge in [0.05, 0.1) is 5.56 Å². The maximum Gasteiger partial charge on any atom is 0.303 e. The Morgan fingerprint density at radius 2 is 2.00 bits per heavy atom. The molecule has 19 heavy (non-hydrogen) atoms. The number of nitrogens with one attached hydrogen (secondary N) is 1. The third-order valence-electron chi connectivity index (χ3n) is 2.53. The summed E-state index contributed by atoms with van der Waals surface area (Å²) in [5.74, 6) is -1.40. The summed E-state index contributed by atoms with van der Waals surface area (Å²) < 4.78 is 13.5. The average molecular weight is 379 g/mol. The zero-order valence-electron chi connectivity index (χ0n) is 10.3. The Morgan fingerprint density at radius 1 is 1.26 bits per heavy atom. The van der Waals surface area contributed by atoms with Gasteiger partial charge < -0.3 is 10.4 Å². The van der Waals surface area contributed by atoms with Crippen molar-refractivity contribution in [3.05, 3.63) is 33.1 Å². The summed E-state index contributed by atoms with van der Waals surface area (Å²) in [5.41, 5.74) is 0.451. The summed E-state index contributed by atoms with van der Waals surface area (Å²) in [7, 11) is 0. The van der Waals surface area contributed by atoms with Gasteiger partial charge in [-0.15, -0.1) is 0 Å². The number of unbranched alkanes of at least 4 members (excludes halogenated alkanes) is 2. The number of benzene rings is 1. The van der Waals surface area contributed by atoms with Gasteiger partial charge in [-0.3, -0.25) is 9.59 Å². The van der Waals surface area contributed by atoms with Gasteiger partial charge >= 0.3 is 5.97 Å². The van der Waals surface area contributed by atoms with Gasteiger partial charge in [0.25, 0.3) is 5.91 Å². The van der Waals surface area contributed by atoms with E-state index in [1.54, 1.807) is 0 Å². The van der Waals surface area contributed by atoms with E-state index in [4.69, 9.17) is 5.11 Å². The molecule has 0 heterocycles. The molecule has 0 unspecified atom stereocenters. The van der Waals surface area contributed by atoms with E-state index in [-0.39, 0.29) is 18.1 Å². The van der Waals surface area contributed by atoms with Crippen LogP contribution in [0.4, 0.5) is 4.39 Å². The highest BCUT2D eigenvalue weighted by Gasteiger charge is 2.09. The zero-order chi connectivity index (χ0) is 14.3. The molecule has 6 heteroatoms. The summed E-state index contributed by atoms with van der Waals surface area (Å²) in [6.07, 6.45) is 2.26. The van der Waals surface area contributed by atoms with Gasteiger partial charge in [0, 0.05) is 16.5 Å². The predicted molar refractivity (Wildman–Crippen MR) is 77.6 cm³/mol. The van der Waals surface area contributed by atoms with Crippen molar-refractivity contribution < 1.29 is 19.1 Å². The molecular weight excluding hydrogens is 364 g/mol. The van der Waals surface area contributed by atoms with Crippen molar-refractivity contribution >= 4 is 34.5 Å². The molecule has 0 aromatic heterocycles. The third kappa shape index (κ3) is 6.00. The average Bonchev–Trinajstić information content (AvgIpc) is 2.32. The van der Waals surface area contributed by atoms with E-state index >= 15 is 0 Å². The number of rotatable bonds is 7. The van der Waals surface area contributed by atoms with Gasteiger partial charge in [-0.1, -0.05) is 6.42 Å². The summed E-state index contributed by atoms with van der Waals surface area (Å²) in [6.45, 7) is 0.492. The Kier molecular flexibility index (Phi) is 6.75. The highest BCUT2D eigenvalue weighted by atomic mass is 127. The van der Waals surface area contributed by atoms with Crippen molar-refractivity contribution in [3.63, 3.8) is 0 Å². The first-order valence-corrected chi connectivity index (χ1v) is 7.03. The maximum absolute atomic E-state index is 12.9. The zero-order valence-corrected chi connectivity index (χ0v) is 12.4. The fraction of sp³-hybridized carbons (Fsp3) is 0.385. The predicted octanol–water partition coefficient (Wildman–Crippen LogP) is 2.81. The largest absolute Gasteiger partial charge is 0.481 e. The fourth-order valence-corrected chi connectivity index (χ4v) is 2.27. The van der Waals surface area contributed by atoms with E-state index in [2.05, 4.69) is 5.32 Å². The molecule has 0 saturated heterocycles. The Morgan fingerprint density at radius 3 is 2.63 bits per heavy atom. The second kappa shape index (κ2) is 8.08. The first-order chi connectivity index (χ1) is 9.00. The van der Waals surface area contributed by atoms with Crippen molar-refractivity contribution in [1.82, 2.24) is 5.32 Å². The maximum atomic E-state index is 12.9. The number of hydrogen-bond acceptors (Lipinski definition) is 2. The molecule has 2 N–H and O–H groups in total. The van der Waals surface area contributed by atoms with Gasteiger partial charge in [0.15, 0.2) is 0 Å². The van der Waals surface area contributed by atoms with E-state index in [9.17, 15) is 14.0 Å². The Labute approximate surface area is 124 Å². The molecule has 0 saturated carbocycles. The second-order valence-corrected chi connectivity index (χ2v) is 5.25. The normalized spacial score (nSPS) is 10.2. The van der Waals surface area contributed by atoms with E-state index in [0.29, 0.717) is 22.1 Å². The molecule has 1 aromatic rings. The van der Waals surface area contributed by atoms with E-state index in [1.807, 2.05) is 22.6 Å². The molecular formula is C13H15FINO3. The molecule has 4 nitrogen and oxygen atoms in total. The van der Waals surface area contributed by atoms with Crippen molar-refractivity contribution in [2.24, 2.45) is 0 Å². The molecule has 1 aromatic carbocycles.